The van der Waals surface area contributed by atoms with Crippen molar-refractivity contribution in [3.63, 3.8) is 0 Å². The third-order valence-corrected chi connectivity index (χ3v) is 3.39. The number of hydrogen-bond acceptors (Lipinski definition) is 7. The van der Waals surface area contributed by atoms with Gasteiger partial charge in [-0.15, -0.1) is 0 Å². The van der Waals surface area contributed by atoms with Crippen molar-refractivity contribution in [3.8, 4) is 11.8 Å². The van der Waals surface area contributed by atoms with Crippen LogP contribution in [0.4, 0.5) is 0 Å². The first-order valence-electron chi connectivity index (χ1n) is 6.94. The van der Waals surface area contributed by atoms with E-state index in [1.165, 1.54) is 25.8 Å². The van der Waals surface area contributed by atoms with Crippen LogP contribution >= 0.6 is 0 Å². The molecule has 1 aliphatic rings. The van der Waals surface area contributed by atoms with Gasteiger partial charge < -0.3 is 14.4 Å². The van der Waals surface area contributed by atoms with E-state index in [9.17, 15) is 4.79 Å². The first-order chi connectivity index (χ1) is 10.8. The van der Waals surface area contributed by atoms with E-state index in [0.29, 0.717) is 24.8 Å². The maximum absolute atomic E-state index is 12.3. The molecule has 1 amide bonds. The van der Waals surface area contributed by atoms with E-state index in [1.807, 2.05) is 0 Å². The molecule has 0 spiro atoms. The summed E-state index contributed by atoms with van der Waals surface area (Å²) >= 11 is 0. The highest BCUT2D eigenvalue weighted by Gasteiger charge is 2.28. The molecular formula is C13H16N6O3. The first kappa shape index (κ1) is 14.2. The van der Waals surface area contributed by atoms with Crippen molar-refractivity contribution in [1.29, 1.82) is 0 Å². The number of carbonyl (C=O) groups excluding carboxylic acids is 1. The van der Waals surface area contributed by atoms with Crippen molar-refractivity contribution in [3.05, 3.63) is 24.5 Å². The number of nitrogens with one attached hydrogen (secondary N) is 1. The minimum atomic E-state index is -0.183. The van der Waals surface area contributed by atoms with E-state index in [2.05, 4.69) is 25.1 Å². The minimum absolute atomic E-state index is 0.161. The Morgan fingerprint density at radius 3 is 2.86 bits per heavy atom. The number of likely N-dealkylation sites (tertiary alicyclic amines) is 1. The summed E-state index contributed by atoms with van der Waals surface area (Å²) in [6.07, 6.45) is 5.90. The number of hydrogen-bond donors (Lipinski definition) is 1. The highest BCUT2D eigenvalue weighted by molar-refractivity contribution is 5.90. The molecule has 2 aromatic heterocycles. The molecule has 0 bridgehead atoms. The molecule has 0 saturated carbocycles. The van der Waals surface area contributed by atoms with Gasteiger partial charge in [0.05, 0.1) is 13.7 Å². The maximum atomic E-state index is 12.3. The van der Waals surface area contributed by atoms with E-state index in [0.717, 1.165) is 12.8 Å². The van der Waals surface area contributed by atoms with Crippen molar-refractivity contribution in [2.45, 2.75) is 18.9 Å². The number of ether oxygens (including phenoxy) is 2. The number of rotatable bonds is 4. The van der Waals surface area contributed by atoms with Gasteiger partial charge in [0.25, 0.3) is 17.7 Å². The fourth-order valence-corrected chi connectivity index (χ4v) is 2.37. The van der Waals surface area contributed by atoms with E-state index in [-0.39, 0.29) is 17.8 Å². The molecule has 1 atom stereocenters. The predicted molar refractivity (Wildman–Crippen MR) is 74.5 cm³/mol. The lowest BCUT2D eigenvalue weighted by atomic mass is 10.1. The van der Waals surface area contributed by atoms with Crippen molar-refractivity contribution in [2.75, 3.05) is 20.2 Å². The molecule has 116 valence electrons. The Bertz CT molecular complexity index is 632. The molecule has 1 fully saturated rings. The molecule has 0 aliphatic carbocycles. The van der Waals surface area contributed by atoms with Crippen LogP contribution in [0.25, 0.3) is 0 Å². The van der Waals surface area contributed by atoms with Gasteiger partial charge in [-0.25, -0.2) is 15.0 Å². The molecule has 9 heteroatoms. The lowest BCUT2D eigenvalue weighted by Gasteiger charge is -2.32. The zero-order valence-corrected chi connectivity index (χ0v) is 12.1. The summed E-state index contributed by atoms with van der Waals surface area (Å²) in [4.78, 5) is 26.0. The third kappa shape index (κ3) is 2.97. The van der Waals surface area contributed by atoms with Crippen LogP contribution in [0.2, 0.25) is 0 Å². The van der Waals surface area contributed by atoms with E-state index < -0.39 is 0 Å². The largest absolute Gasteiger partial charge is 0.477 e. The van der Waals surface area contributed by atoms with Gasteiger partial charge in [0.1, 0.15) is 12.4 Å². The van der Waals surface area contributed by atoms with Crippen LogP contribution in [0.3, 0.4) is 0 Å². The molecule has 1 aliphatic heterocycles. The Balaban J connectivity index is 1.67. The lowest BCUT2D eigenvalue weighted by Crippen LogP contribution is -2.44. The van der Waals surface area contributed by atoms with Gasteiger partial charge in [-0.3, -0.25) is 9.89 Å². The molecule has 0 radical (unpaired) electrons. The monoisotopic (exact) mass is 304 g/mol. The van der Waals surface area contributed by atoms with Gasteiger partial charge in [-0.2, -0.15) is 5.10 Å². The Morgan fingerprint density at radius 1 is 1.32 bits per heavy atom. The Labute approximate surface area is 126 Å². The van der Waals surface area contributed by atoms with Gasteiger partial charge >= 0.3 is 0 Å². The molecule has 2 aromatic rings. The van der Waals surface area contributed by atoms with Crippen LogP contribution < -0.4 is 9.47 Å². The normalized spacial score (nSPS) is 18.0. The van der Waals surface area contributed by atoms with Crippen LogP contribution in [0.5, 0.6) is 11.8 Å². The zero-order valence-electron chi connectivity index (χ0n) is 12.1. The molecule has 0 aromatic carbocycles. The number of amides is 1. The highest BCUT2D eigenvalue weighted by Crippen LogP contribution is 2.24. The van der Waals surface area contributed by atoms with Gasteiger partial charge in [-0.1, -0.05) is 0 Å². The summed E-state index contributed by atoms with van der Waals surface area (Å²) in [6.45, 7) is 1.12. The third-order valence-electron chi connectivity index (χ3n) is 3.39. The quantitative estimate of drug-likeness (QED) is 0.865. The fourth-order valence-electron chi connectivity index (χ4n) is 2.37. The van der Waals surface area contributed by atoms with Gasteiger partial charge in [0.2, 0.25) is 5.82 Å². The van der Waals surface area contributed by atoms with E-state index in [4.69, 9.17) is 9.47 Å². The molecular weight excluding hydrogens is 288 g/mol. The average molecular weight is 304 g/mol. The first-order valence-corrected chi connectivity index (χ1v) is 6.94. The Morgan fingerprint density at radius 2 is 2.14 bits per heavy atom. The lowest BCUT2D eigenvalue weighted by molar-refractivity contribution is 0.0509. The second kappa shape index (κ2) is 6.37. The molecule has 1 unspecified atom stereocenters. The summed E-state index contributed by atoms with van der Waals surface area (Å²) in [6, 6.07) is 0. The van der Waals surface area contributed by atoms with Gasteiger partial charge in [0.15, 0.2) is 0 Å². The average Bonchev–Trinajstić information content (AvgIpc) is 3.09. The molecule has 1 N–H and O–H groups in total. The fraction of sp³-hybridized carbons (Fsp3) is 0.462. The molecule has 22 heavy (non-hydrogen) atoms. The number of nitrogens with zero attached hydrogens (tertiary/aromatic N) is 5. The minimum Gasteiger partial charge on any atom is -0.477 e. The number of methoxy groups -OCH3 is 1. The smallest absolute Gasteiger partial charge is 0.291 e. The number of H-pyrrole nitrogens is 1. The van der Waals surface area contributed by atoms with Crippen LogP contribution in [0.15, 0.2) is 18.7 Å². The zero-order chi connectivity index (χ0) is 15.4. The standard InChI is InChI=1S/C13H16N6O3/c1-21-11-12(15-5-4-14-11)22-9-3-2-6-19(7-9)13(20)10-16-8-17-18-10/h4-5,8-9H,2-3,6-7H2,1H3,(H,16,17,18). The summed E-state index contributed by atoms with van der Waals surface area (Å²) in [5, 5.41) is 6.28. The van der Waals surface area contributed by atoms with Crippen molar-refractivity contribution < 1.29 is 14.3 Å². The van der Waals surface area contributed by atoms with Crippen molar-refractivity contribution in [1.82, 2.24) is 30.0 Å². The Kier molecular flexibility index (Phi) is 4.12. The number of carbonyl (C=O) groups is 1. The number of aromatic amines is 1. The van der Waals surface area contributed by atoms with Crippen LogP contribution in [0.1, 0.15) is 23.5 Å². The second-order valence-corrected chi connectivity index (χ2v) is 4.84. The number of piperidine rings is 1. The van der Waals surface area contributed by atoms with Crippen molar-refractivity contribution >= 4 is 5.91 Å². The van der Waals surface area contributed by atoms with Crippen LogP contribution in [0, 0.1) is 0 Å². The topological polar surface area (TPSA) is 106 Å². The van der Waals surface area contributed by atoms with E-state index >= 15 is 0 Å². The molecule has 1 saturated heterocycles. The maximum Gasteiger partial charge on any atom is 0.291 e. The molecule has 9 nitrogen and oxygen atoms in total. The highest BCUT2D eigenvalue weighted by atomic mass is 16.5. The van der Waals surface area contributed by atoms with E-state index in [1.54, 1.807) is 4.90 Å². The van der Waals surface area contributed by atoms with Crippen molar-refractivity contribution in [2.24, 2.45) is 0 Å². The van der Waals surface area contributed by atoms with Crippen LogP contribution in [-0.4, -0.2) is 62.3 Å². The second-order valence-electron chi connectivity index (χ2n) is 4.84. The SMILES string of the molecule is COc1nccnc1OC1CCCN(C(=O)c2ncn[nH]2)C1. The predicted octanol–water partition coefficient (Wildman–Crippen LogP) is 0.287. The summed E-state index contributed by atoms with van der Waals surface area (Å²) < 4.78 is 11.0. The molecule has 3 rings (SSSR count). The number of aromatic nitrogens is 5. The summed E-state index contributed by atoms with van der Waals surface area (Å²) in [5.74, 6) is 0.722. The Hall–Kier alpha value is -2.71. The summed E-state index contributed by atoms with van der Waals surface area (Å²) in [7, 11) is 1.51. The molecule has 3 heterocycles. The van der Waals surface area contributed by atoms with Gasteiger partial charge in [0, 0.05) is 18.9 Å². The van der Waals surface area contributed by atoms with Gasteiger partial charge in [-0.05, 0) is 12.8 Å². The summed E-state index contributed by atoms with van der Waals surface area (Å²) in [5.41, 5.74) is 0. The van der Waals surface area contributed by atoms with Crippen LogP contribution in [-0.2, 0) is 0 Å².